The van der Waals surface area contributed by atoms with Gasteiger partial charge >= 0.3 is 0 Å². The molecule has 2 saturated carbocycles. The Balaban J connectivity index is 1.80. The Bertz CT molecular complexity index is 572. The maximum Gasteiger partial charge on any atom is 0.230 e. The van der Waals surface area contributed by atoms with E-state index in [4.69, 9.17) is 28.9 Å². The zero-order valence-corrected chi connectivity index (χ0v) is 14.1. The molecule has 0 heterocycles. The van der Waals surface area contributed by atoms with E-state index >= 15 is 0 Å². The summed E-state index contributed by atoms with van der Waals surface area (Å²) in [5.41, 5.74) is 6.36. The minimum atomic E-state index is -0.435. The summed E-state index contributed by atoms with van der Waals surface area (Å²) in [5, 5.41) is 4.30. The van der Waals surface area contributed by atoms with Crippen molar-refractivity contribution in [2.24, 2.45) is 11.7 Å². The van der Waals surface area contributed by atoms with Crippen molar-refractivity contribution in [1.29, 1.82) is 0 Å². The predicted molar refractivity (Wildman–Crippen MR) is 90.3 cm³/mol. The molecule has 0 aliphatic heterocycles. The molecule has 2 aliphatic rings. The molecule has 22 heavy (non-hydrogen) atoms. The molecular formula is C17H22Cl2N2O. The van der Waals surface area contributed by atoms with Gasteiger partial charge in [-0.25, -0.2) is 0 Å². The molecule has 1 aromatic carbocycles. The quantitative estimate of drug-likeness (QED) is 0.878. The maximum absolute atomic E-state index is 12.9. The van der Waals surface area contributed by atoms with Gasteiger partial charge < -0.3 is 11.1 Å². The lowest BCUT2D eigenvalue weighted by Crippen LogP contribution is -2.53. The van der Waals surface area contributed by atoms with E-state index in [1.54, 1.807) is 6.07 Å². The number of nitrogens with two attached hydrogens (primary N) is 1. The van der Waals surface area contributed by atoms with Gasteiger partial charge in [0.2, 0.25) is 5.91 Å². The Morgan fingerprint density at radius 2 is 2.00 bits per heavy atom. The fourth-order valence-electron chi connectivity index (χ4n) is 3.79. The van der Waals surface area contributed by atoms with Gasteiger partial charge in [0.15, 0.2) is 0 Å². The highest BCUT2D eigenvalue weighted by Gasteiger charge is 2.47. The number of benzene rings is 1. The fraction of sp³-hybridized carbons (Fsp3) is 0.588. The molecule has 0 radical (unpaired) electrons. The normalized spacial score (nSPS) is 26.5. The number of rotatable bonds is 4. The summed E-state index contributed by atoms with van der Waals surface area (Å²) in [4.78, 5) is 12.9. The van der Waals surface area contributed by atoms with Crippen molar-refractivity contribution in [2.75, 3.05) is 6.54 Å². The van der Waals surface area contributed by atoms with E-state index in [1.807, 2.05) is 12.1 Å². The summed E-state index contributed by atoms with van der Waals surface area (Å²) in [5.74, 6) is 0.539. The van der Waals surface area contributed by atoms with E-state index in [0.29, 0.717) is 22.5 Å². The Kier molecular flexibility index (Phi) is 4.67. The molecule has 2 atom stereocenters. The van der Waals surface area contributed by atoms with Gasteiger partial charge in [0, 0.05) is 6.04 Å². The Hall–Kier alpha value is -0.770. The molecule has 2 aliphatic carbocycles. The van der Waals surface area contributed by atoms with Crippen molar-refractivity contribution in [2.45, 2.75) is 50.0 Å². The van der Waals surface area contributed by atoms with Crippen molar-refractivity contribution in [3.8, 4) is 0 Å². The number of hydrogen-bond donors (Lipinski definition) is 2. The van der Waals surface area contributed by atoms with Crippen LogP contribution in [-0.4, -0.2) is 18.5 Å². The van der Waals surface area contributed by atoms with Crippen LogP contribution in [0.3, 0.4) is 0 Å². The lowest BCUT2D eigenvalue weighted by atomic mass is 9.63. The number of carbonyl (C=O) groups excluding carboxylic acids is 1. The average molecular weight is 341 g/mol. The van der Waals surface area contributed by atoms with Crippen molar-refractivity contribution in [1.82, 2.24) is 5.32 Å². The second-order valence-electron chi connectivity index (χ2n) is 6.57. The molecule has 1 aromatic rings. The largest absolute Gasteiger partial charge is 0.352 e. The molecular weight excluding hydrogens is 319 g/mol. The zero-order valence-electron chi connectivity index (χ0n) is 12.6. The number of carbonyl (C=O) groups is 1. The SMILES string of the molecule is NC[C@@H]1CCC[C@H]1NC(=O)C1(c2ccc(Cl)c(Cl)c2)CCC1. The molecule has 1 amide bonds. The van der Waals surface area contributed by atoms with E-state index in [1.165, 1.54) is 0 Å². The first-order valence-corrected chi connectivity index (χ1v) is 8.79. The standard InChI is InChI=1S/C17H22Cl2N2O/c18-13-6-5-12(9-14(13)19)17(7-2-8-17)16(22)21-15-4-1-3-11(15)10-20/h5-6,9,11,15H,1-4,7-8,10,20H2,(H,21,22)/t11-,15+/m0/s1. The lowest BCUT2D eigenvalue weighted by Gasteiger charge is -2.42. The first-order chi connectivity index (χ1) is 10.6. The van der Waals surface area contributed by atoms with Crippen LogP contribution in [0.2, 0.25) is 10.0 Å². The molecule has 120 valence electrons. The van der Waals surface area contributed by atoms with Crippen LogP contribution in [0.5, 0.6) is 0 Å². The first-order valence-electron chi connectivity index (χ1n) is 8.03. The molecule has 0 aromatic heterocycles. The smallest absolute Gasteiger partial charge is 0.230 e. The van der Waals surface area contributed by atoms with Crippen LogP contribution in [-0.2, 0) is 10.2 Å². The Morgan fingerprint density at radius 3 is 2.59 bits per heavy atom. The summed E-state index contributed by atoms with van der Waals surface area (Å²) in [6.45, 7) is 0.644. The monoisotopic (exact) mass is 340 g/mol. The molecule has 3 rings (SSSR count). The van der Waals surface area contributed by atoms with Gasteiger partial charge in [-0.15, -0.1) is 0 Å². The number of amides is 1. The summed E-state index contributed by atoms with van der Waals surface area (Å²) in [6, 6.07) is 5.78. The first kappa shape index (κ1) is 16.1. The van der Waals surface area contributed by atoms with Crippen LogP contribution in [0.25, 0.3) is 0 Å². The maximum atomic E-state index is 12.9. The third kappa shape index (κ3) is 2.75. The minimum Gasteiger partial charge on any atom is -0.352 e. The topological polar surface area (TPSA) is 55.1 Å². The molecule has 3 nitrogen and oxygen atoms in total. The highest BCUT2D eigenvalue weighted by molar-refractivity contribution is 6.42. The summed E-state index contributed by atoms with van der Waals surface area (Å²) < 4.78 is 0. The molecule has 0 bridgehead atoms. The van der Waals surface area contributed by atoms with Gasteiger partial charge in [0.25, 0.3) is 0 Å². The van der Waals surface area contributed by atoms with Gasteiger partial charge in [0.1, 0.15) is 0 Å². The van der Waals surface area contributed by atoms with Crippen LogP contribution in [0.1, 0.15) is 44.1 Å². The summed E-state index contributed by atoms with van der Waals surface area (Å²) in [7, 11) is 0. The Morgan fingerprint density at radius 1 is 1.23 bits per heavy atom. The molecule has 2 fully saturated rings. The number of hydrogen-bond acceptors (Lipinski definition) is 2. The predicted octanol–water partition coefficient (Wildman–Crippen LogP) is 3.66. The van der Waals surface area contributed by atoms with Crippen molar-refractivity contribution >= 4 is 29.1 Å². The summed E-state index contributed by atoms with van der Waals surface area (Å²) >= 11 is 12.1. The van der Waals surface area contributed by atoms with Crippen LogP contribution >= 0.6 is 23.2 Å². The number of nitrogens with one attached hydrogen (secondary N) is 1. The van der Waals surface area contributed by atoms with Crippen molar-refractivity contribution in [3.05, 3.63) is 33.8 Å². The highest BCUT2D eigenvalue weighted by Crippen LogP contribution is 2.45. The van der Waals surface area contributed by atoms with Crippen LogP contribution < -0.4 is 11.1 Å². The molecule has 3 N–H and O–H groups in total. The van der Waals surface area contributed by atoms with Gasteiger partial charge in [-0.1, -0.05) is 42.1 Å². The van der Waals surface area contributed by atoms with Crippen LogP contribution in [0.15, 0.2) is 18.2 Å². The lowest BCUT2D eigenvalue weighted by molar-refractivity contribution is -0.130. The van der Waals surface area contributed by atoms with Gasteiger partial charge in [-0.3, -0.25) is 4.79 Å². The molecule has 0 unspecified atom stereocenters. The molecule has 5 heteroatoms. The van der Waals surface area contributed by atoms with Crippen LogP contribution in [0.4, 0.5) is 0 Å². The van der Waals surface area contributed by atoms with Crippen molar-refractivity contribution in [3.63, 3.8) is 0 Å². The average Bonchev–Trinajstić information content (AvgIpc) is 2.88. The highest BCUT2D eigenvalue weighted by atomic mass is 35.5. The van der Waals surface area contributed by atoms with E-state index in [-0.39, 0.29) is 11.9 Å². The zero-order chi connectivity index (χ0) is 15.7. The van der Waals surface area contributed by atoms with E-state index in [2.05, 4.69) is 5.32 Å². The van der Waals surface area contributed by atoms with Gasteiger partial charge in [-0.05, 0) is 55.8 Å². The van der Waals surface area contributed by atoms with Crippen LogP contribution in [0, 0.1) is 5.92 Å². The third-order valence-corrected chi connectivity index (χ3v) is 6.13. The van der Waals surface area contributed by atoms with Gasteiger partial charge in [-0.2, -0.15) is 0 Å². The third-order valence-electron chi connectivity index (χ3n) is 5.39. The van der Waals surface area contributed by atoms with Gasteiger partial charge in [0.05, 0.1) is 15.5 Å². The van der Waals surface area contributed by atoms with E-state index < -0.39 is 5.41 Å². The van der Waals surface area contributed by atoms with E-state index in [0.717, 1.165) is 44.1 Å². The summed E-state index contributed by atoms with van der Waals surface area (Å²) in [6.07, 6.45) is 6.10. The second kappa shape index (κ2) is 6.38. The molecule has 0 spiro atoms. The molecule has 0 saturated heterocycles. The minimum absolute atomic E-state index is 0.127. The second-order valence-corrected chi connectivity index (χ2v) is 7.39. The Labute approximate surface area is 141 Å². The van der Waals surface area contributed by atoms with E-state index in [9.17, 15) is 4.79 Å². The van der Waals surface area contributed by atoms with Crippen molar-refractivity contribution < 1.29 is 4.79 Å². The fourth-order valence-corrected chi connectivity index (χ4v) is 4.08. The number of halogens is 2.